The van der Waals surface area contributed by atoms with Crippen molar-refractivity contribution in [2.75, 3.05) is 5.32 Å². The van der Waals surface area contributed by atoms with Crippen LogP contribution in [0.5, 0.6) is 0 Å². The van der Waals surface area contributed by atoms with E-state index in [-0.39, 0.29) is 17.2 Å². The molecule has 0 aliphatic rings. The fraction of sp³-hybridized carbons (Fsp3) is 0.200. The van der Waals surface area contributed by atoms with E-state index < -0.39 is 10.8 Å². The number of rotatable bonds is 6. The lowest BCUT2D eigenvalue weighted by atomic mass is 10.1. The molecule has 0 saturated heterocycles. The molecule has 2 aromatic heterocycles. The summed E-state index contributed by atoms with van der Waals surface area (Å²) in [4.78, 5) is 22.8. The molecule has 1 amide bonds. The van der Waals surface area contributed by atoms with Crippen LogP contribution in [-0.2, 0) is 4.79 Å². The first-order valence-corrected chi connectivity index (χ1v) is 9.72. The predicted molar refractivity (Wildman–Crippen MR) is 112 cm³/mol. The lowest BCUT2D eigenvalue weighted by Gasteiger charge is -2.02. The van der Waals surface area contributed by atoms with Crippen molar-refractivity contribution in [3.63, 3.8) is 0 Å². The number of aromatic nitrogens is 2. The molecule has 0 aliphatic carbocycles. The lowest BCUT2D eigenvalue weighted by Crippen LogP contribution is -2.13. The van der Waals surface area contributed by atoms with Crippen LogP contribution in [0.1, 0.15) is 36.1 Å². The zero-order valence-electron chi connectivity index (χ0n) is 16.4. The van der Waals surface area contributed by atoms with Gasteiger partial charge in [0.15, 0.2) is 0 Å². The van der Waals surface area contributed by atoms with Gasteiger partial charge in [0.2, 0.25) is 5.13 Å². The van der Waals surface area contributed by atoms with Crippen molar-refractivity contribution < 1.29 is 14.1 Å². The van der Waals surface area contributed by atoms with Crippen molar-refractivity contribution in [2.45, 2.75) is 26.7 Å². The molecular weight excluding hydrogens is 406 g/mol. The maximum absolute atomic E-state index is 12.4. The van der Waals surface area contributed by atoms with Crippen molar-refractivity contribution in [2.24, 2.45) is 0 Å². The highest BCUT2D eigenvalue weighted by Crippen LogP contribution is 2.29. The average Bonchev–Trinajstić information content (AvgIpc) is 3.35. The molecule has 152 valence electrons. The second kappa shape index (κ2) is 8.67. The summed E-state index contributed by atoms with van der Waals surface area (Å²) in [5, 5.41) is 31.8. The summed E-state index contributed by atoms with van der Waals surface area (Å²) in [6, 6.07) is 9.58. The Labute approximate surface area is 175 Å². The zero-order chi connectivity index (χ0) is 21.8. The highest BCUT2D eigenvalue weighted by molar-refractivity contribution is 7.15. The van der Waals surface area contributed by atoms with Crippen LogP contribution in [-0.4, -0.2) is 21.0 Å². The largest absolute Gasteiger partial charge is 0.457 e. The molecule has 3 rings (SSSR count). The number of nitrogens with zero attached hydrogens (tertiary/aromatic N) is 4. The third-order valence-electron chi connectivity index (χ3n) is 4.12. The van der Waals surface area contributed by atoms with E-state index >= 15 is 0 Å². The van der Waals surface area contributed by atoms with Crippen molar-refractivity contribution >= 4 is 34.1 Å². The maximum atomic E-state index is 12.4. The highest BCUT2D eigenvalue weighted by atomic mass is 32.1. The second-order valence-corrected chi connectivity index (χ2v) is 7.69. The summed E-state index contributed by atoms with van der Waals surface area (Å²) >= 11 is 1.25. The van der Waals surface area contributed by atoms with Crippen molar-refractivity contribution in [3.8, 4) is 17.4 Å². The SMILES string of the molecule is Cc1cc([N+](=O)[O-])ccc1-c1ccc(C=C(C#N)C(=O)Nc2nnc(C(C)C)s2)o1. The minimum Gasteiger partial charge on any atom is -0.457 e. The Kier molecular flexibility index (Phi) is 6.03. The van der Waals surface area contributed by atoms with Gasteiger partial charge in [-0.2, -0.15) is 5.26 Å². The van der Waals surface area contributed by atoms with Crippen LogP contribution in [0.25, 0.3) is 17.4 Å². The first kappa shape index (κ1) is 20.9. The van der Waals surface area contributed by atoms with Crippen LogP contribution < -0.4 is 5.32 Å². The maximum Gasteiger partial charge on any atom is 0.269 e. The molecule has 1 aromatic carbocycles. The van der Waals surface area contributed by atoms with Crippen molar-refractivity contribution in [1.29, 1.82) is 5.26 Å². The Balaban J connectivity index is 1.80. The molecule has 0 radical (unpaired) electrons. The normalized spacial score (nSPS) is 11.4. The molecule has 0 fully saturated rings. The minimum atomic E-state index is -0.617. The number of aryl methyl sites for hydroxylation is 1. The van der Waals surface area contributed by atoms with E-state index in [1.165, 1.54) is 29.5 Å². The van der Waals surface area contributed by atoms with Gasteiger partial charge in [-0.15, -0.1) is 10.2 Å². The first-order valence-electron chi connectivity index (χ1n) is 8.90. The van der Waals surface area contributed by atoms with Crippen LogP contribution in [0.15, 0.2) is 40.3 Å². The number of nitrogens with one attached hydrogen (secondary N) is 1. The number of hydrogen-bond donors (Lipinski definition) is 1. The molecule has 1 N–H and O–H groups in total. The summed E-state index contributed by atoms with van der Waals surface area (Å²) in [6.07, 6.45) is 1.32. The number of nitriles is 1. The third kappa shape index (κ3) is 4.59. The molecular formula is C20H17N5O4S. The van der Waals surface area contributed by atoms with Gasteiger partial charge in [0.05, 0.1) is 4.92 Å². The number of furan rings is 1. The van der Waals surface area contributed by atoms with Gasteiger partial charge in [-0.1, -0.05) is 25.2 Å². The number of anilines is 1. The Morgan fingerprint density at radius 2 is 2.10 bits per heavy atom. The first-order chi connectivity index (χ1) is 14.3. The molecule has 3 aromatic rings. The van der Waals surface area contributed by atoms with Gasteiger partial charge in [0, 0.05) is 29.7 Å². The number of nitro groups is 1. The number of carbonyl (C=O) groups is 1. The van der Waals surface area contributed by atoms with Gasteiger partial charge in [-0.25, -0.2) is 0 Å². The van der Waals surface area contributed by atoms with Gasteiger partial charge < -0.3 is 4.42 Å². The smallest absolute Gasteiger partial charge is 0.269 e. The van der Waals surface area contributed by atoms with Crippen molar-refractivity contribution in [3.05, 3.63) is 62.4 Å². The van der Waals surface area contributed by atoms with E-state index in [9.17, 15) is 20.2 Å². The van der Waals surface area contributed by atoms with E-state index in [1.54, 1.807) is 25.1 Å². The summed E-state index contributed by atoms with van der Waals surface area (Å²) in [5.74, 6) is 0.337. The number of amides is 1. The molecule has 0 spiro atoms. The number of hydrogen-bond acceptors (Lipinski definition) is 8. The molecule has 0 saturated carbocycles. The molecule has 2 heterocycles. The van der Waals surface area contributed by atoms with E-state index in [2.05, 4.69) is 15.5 Å². The predicted octanol–water partition coefficient (Wildman–Crippen LogP) is 4.68. The van der Waals surface area contributed by atoms with Crippen LogP contribution in [0.2, 0.25) is 0 Å². The van der Waals surface area contributed by atoms with E-state index in [0.29, 0.717) is 27.8 Å². The number of nitro benzene ring substituents is 1. The summed E-state index contributed by atoms with van der Waals surface area (Å²) < 4.78 is 5.72. The summed E-state index contributed by atoms with van der Waals surface area (Å²) in [6.45, 7) is 5.67. The zero-order valence-corrected chi connectivity index (χ0v) is 17.2. The third-order valence-corrected chi connectivity index (χ3v) is 5.26. The van der Waals surface area contributed by atoms with Gasteiger partial charge in [0.25, 0.3) is 11.6 Å². The molecule has 30 heavy (non-hydrogen) atoms. The standard InChI is InChI=1S/C20H17N5O4S/c1-11(2)19-23-24-20(30-19)22-18(26)13(10-21)9-15-5-7-17(29-15)16-6-4-14(25(27)28)8-12(16)3/h4-9,11H,1-3H3,(H,22,24,26). The molecule has 0 aliphatic heterocycles. The van der Waals surface area contributed by atoms with Gasteiger partial charge in [0.1, 0.15) is 28.2 Å². The van der Waals surface area contributed by atoms with Crippen molar-refractivity contribution in [1.82, 2.24) is 10.2 Å². The monoisotopic (exact) mass is 423 g/mol. The fourth-order valence-corrected chi connectivity index (χ4v) is 3.33. The second-order valence-electron chi connectivity index (χ2n) is 6.68. The lowest BCUT2D eigenvalue weighted by molar-refractivity contribution is -0.384. The Hall–Kier alpha value is -3.84. The average molecular weight is 423 g/mol. The Morgan fingerprint density at radius 3 is 2.70 bits per heavy atom. The summed E-state index contributed by atoms with van der Waals surface area (Å²) in [7, 11) is 0. The van der Waals surface area contributed by atoms with Gasteiger partial charge >= 0.3 is 0 Å². The number of benzene rings is 1. The topological polar surface area (TPSA) is 135 Å². The molecule has 0 unspecified atom stereocenters. The Morgan fingerprint density at radius 1 is 1.33 bits per heavy atom. The number of carbonyl (C=O) groups excluding carboxylic acids is 1. The van der Waals surface area contributed by atoms with Crippen LogP contribution in [0.3, 0.4) is 0 Å². The van der Waals surface area contributed by atoms with Crippen LogP contribution >= 0.6 is 11.3 Å². The minimum absolute atomic E-state index is 0.0105. The van der Waals surface area contributed by atoms with Crippen LogP contribution in [0, 0.1) is 28.4 Å². The van der Waals surface area contributed by atoms with E-state index in [1.807, 2.05) is 19.9 Å². The fourth-order valence-electron chi connectivity index (χ4n) is 2.59. The van der Waals surface area contributed by atoms with E-state index in [0.717, 1.165) is 5.01 Å². The molecule has 0 atom stereocenters. The molecule has 10 heteroatoms. The van der Waals surface area contributed by atoms with E-state index in [4.69, 9.17) is 4.42 Å². The molecule has 9 nitrogen and oxygen atoms in total. The van der Waals surface area contributed by atoms with Gasteiger partial charge in [-0.05, 0) is 30.7 Å². The molecule has 0 bridgehead atoms. The number of non-ortho nitro benzene ring substituents is 1. The summed E-state index contributed by atoms with van der Waals surface area (Å²) in [5.41, 5.74) is 1.18. The van der Waals surface area contributed by atoms with Crippen LogP contribution in [0.4, 0.5) is 10.8 Å². The van der Waals surface area contributed by atoms with Gasteiger partial charge in [-0.3, -0.25) is 20.2 Å². The quantitative estimate of drug-likeness (QED) is 0.263. The highest BCUT2D eigenvalue weighted by Gasteiger charge is 2.16. The Bertz CT molecular complexity index is 1190.